The lowest BCUT2D eigenvalue weighted by Crippen LogP contribution is -2.43. The van der Waals surface area contributed by atoms with Gasteiger partial charge in [-0.2, -0.15) is 0 Å². The van der Waals surface area contributed by atoms with Gasteiger partial charge in [0.05, 0.1) is 11.2 Å². The van der Waals surface area contributed by atoms with Gasteiger partial charge in [-0.25, -0.2) is 4.39 Å². The van der Waals surface area contributed by atoms with Crippen molar-refractivity contribution in [1.29, 1.82) is 0 Å². The zero-order valence-electron chi connectivity index (χ0n) is 13.5. The molecular formula is C16H22BFN2O2. The Morgan fingerprint density at radius 3 is 2.18 bits per heavy atom. The Morgan fingerprint density at radius 1 is 1.18 bits per heavy atom. The van der Waals surface area contributed by atoms with Crippen LogP contribution in [0, 0.1) is 5.92 Å². The van der Waals surface area contributed by atoms with Gasteiger partial charge >= 0.3 is 7.12 Å². The number of hydrogen-bond donors (Lipinski definition) is 1. The van der Waals surface area contributed by atoms with Crippen LogP contribution in [0.15, 0.2) is 30.3 Å². The third-order valence-corrected chi connectivity index (χ3v) is 4.90. The molecule has 3 heterocycles. The maximum absolute atomic E-state index is 15.2. The van der Waals surface area contributed by atoms with Gasteiger partial charge in [-0.1, -0.05) is 0 Å². The average Bonchev–Trinajstić information content (AvgIpc) is 2.63. The molecule has 4 nitrogen and oxygen atoms in total. The Morgan fingerprint density at radius 2 is 1.73 bits per heavy atom. The molecule has 0 unspecified atom stereocenters. The van der Waals surface area contributed by atoms with E-state index in [9.17, 15) is 0 Å². The third-order valence-electron chi connectivity index (χ3n) is 4.90. The summed E-state index contributed by atoms with van der Waals surface area (Å²) in [6.45, 7) is 9.25. The van der Waals surface area contributed by atoms with Crippen LogP contribution in [-0.4, -0.2) is 36.4 Å². The first kappa shape index (κ1) is 15.7. The highest BCUT2D eigenvalue weighted by Crippen LogP contribution is 2.41. The van der Waals surface area contributed by atoms with Crippen molar-refractivity contribution < 1.29 is 13.7 Å². The van der Waals surface area contributed by atoms with E-state index < -0.39 is 18.3 Å². The monoisotopic (exact) mass is 304 g/mol. The lowest BCUT2D eigenvalue weighted by atomic mass is 9.77. The minimum Gasteiger partial charge on any atom is -0.398 e. The van der Waals surface area contributed by atoms with Crippen LogP contribution in [0.5, 0.6) is 0 Å². The van der Waals surface area contributed by atoms with Crippen LogP contribution in [0.3, 0.4) is 0 Å². The van der Waals surface area contributed by atoms with Crippen LogP contribution in [0.1, 0.15) is 33.3 Å². The van der Waals surface area contributed by atoms with E-state index in [4.69, 9.17) is 9.31 Å². The standard InChI is InChI=1S/C16H22BFN2O2/c1-15(2)16(3,4)22-17(21-15)14(18)13(12-9-20-10-12)11-5-7-19-8-6-11/h5-8,12,20H,9-10H2,1-4H3. The van der Waals surface area contributed by atoms with E-state index >= 15 is 4.39 Å². The molecule has 0 radical (unpaired) electrons. The van der Waals surface area contributed by atoms with Gasteiger partial charge in [-0.05, 0) is 51.0 Å². The summed E-state index contributed by atoms with van der Waals surface area (Å²) >= 11 is 0. The predicted octanol–water partition coefficient (Wildman–Crippen LogP) is 2.61. The molecule has 0 bridgehead atoms. The molecule has 0 amide bonds. The van der Waals surface area contributed by atoms with Crippen LogP contribution in [0.2, 0.25) is 0 Å². The first-order valence-corrected chi connectivity index (χ1v) is 7.68. The van der Waals surface area contributed by atoms with Crippen molar-refractivity contribution in [1.82, 2.24) is 10.3 Å². The fraction of sp³-hybridized carbons (Fsp3) is 0.562. The molecule has 118 valence electrons. The van der Waals surface area contributed by atoms with E-state index in [2.05, 4.69) is 10.3 Å². The van der Waals surface area contributed by atoms with Crippen LogP contribution in [0.4, 0.5) is 4.39 Å². The zero-order valence-corrected chi connectivity index (χ0v) is 13.5. The molecule has 0 aromatic carbocycles. The molecule has 1 N–H and O–H groups in total. The van der Waals surface area contributed by atoms with E-state index in [0.717, 1.165) is 18.7 Å². The number of pyridine rings is 1. The first-order valence-electron chi connectivity index (χ1n) is 7.68. The minimum atomic E-state index is -0.950. The summed E-state index contributed by atoms with van der Waals surface area (Å²) in [5.74, 6) is 0.140. The molecule has 2 aliphatic heterocycles. The molecule has 2 saturated heterocycles. The fourth-order valence-corrected chi connectivity index (χ4v) is 2.67. The fourth-order valence-electron chi connectivity index (χ4n) is 2.67. The highest BCUT2D eigenvalue weighted by Gasteiger charge is 2.54. The second-order valence-corrected chi connectivity index (χ2v) is 6.94. The van der Waals surface area contributed by atoms with Crippen molar-refractivity contribution >= 4 is 12.7 Å². The number of nitrogens with zero attached hydrogens (tertiary/aromatic N) is 1. The molecule has 3 rings (SSSR count). The second kappa shape index (κ2) is 5.44. The van der Waals surface area contributed by atoms with E-state index in [0.29, 0.717) is 5.57 Å². The molecule has 1 aromatic rings. The molecule has 2 fully saturated rings. The molecule has 0 spiro atoms. The maximum Gasteiger partial charge on any atom is 0.525 e. The van der Waals surface area contributed by atoms with Crippen LogP contribution >= 0.6 is 0 Å². The smallest absolute Gasteiger partial charge is 0.398 e. The number of halogens is 1. The molecule has 0 aliphatic carbocycles. The SMILES string of the molecule is CC1(C)OB(C(F)=C(c2ccncc2)C2CNC2)OC1(C)C. The van der Waals surface area contributed by atoms with Crippen molar-refractivity contribution in [3.05, 3.63) is 35.8 Å². The van der Waals surface area contributed by atoms with Crippen molar-refractivity contribution in [3.8, 4) is 0 Å². The summed E-state index contributed by atoms with van der Waals surface area (Å²) in [5, 5.41) is 3.19. The summed E-state index contributed by atoms with van der Waals surface area (Å²) < 4.78 is 26.9. The number of aromatic nitrogens is 1. The molecule has 1 aromatic heterocycles. The molecule has 0 atom stereocenters. The van der Waals surface area contributed by atoms with E-state index in [1.807, 2.05) is 39.8 Å². The Labute approximate surface area is 131 Å². The second-order valence-electron chi connectivity index (χ2n) is 6.94. The summed E-state index contributed by atoms with van der Waals surface area (Å²) in [7, 11) is -0.950. The number of nitrogens with one attached hydrogen (secondary N) is 1. The third kappa shape index (κ3) is 2.60. The van der Waals surface area contributed by atoms with Gasteiger partial charge in [0.15, 0.2) is 0 Å². The minimum absolute atomic E-state index is 0.140. The Hall–Kier alpha value is -1.24. The maximum atomic E-state index is 15.2. The van der Waals surface area contributed by atoms with Crippen LogP contribution in [-0.2, 0) is 9.31 Å². The molecule has 2 aliphatic rings. The summed E-state index contributed by atoms with van der Waals surface area (Å²) in [6, 6.07) is 3.66. The largest absolute Gasteiger partial charge is 0.525 e. The zero-order chi connectivity index (χ0) is 16.0. The number of rotatable bonds is 3. The number of hydrogen-bond acceptors (Lipinski definition) is 4. The van der Waals surface area contributed by atoms with Crippen molar-refractivity contribution in [2.45, 2.75) is 38.9 Å². The topological polar surface area (TPSA) is 43.4 Å². The quantitative estimate of drug-likeness (QED) is 0.872. The van der Waals surface area contributed by atoms with Gasteiger partial charge in [0.1, 0.15) is 5.73 Å². The Bertz CT molecular complexity index is 569. The average molecular weight is 304 g/mol. The highest BCUT2D eigenvalue weighted by atomic mass is 19.1. The summed E-state index contributed by atoms with van der Waals surface area (Å²) in [4.78, 5) is 4.01. The van der Waals surface area contributed by atoms with Gasteiger partial charge in [0, 0.05) is 31.4 Å². The van der Waals surface area contributed by atoms with Crippen molar-refractivity contribution in [2.75, 3.05) is 13.1 Å². The van der Waals surface area contributed by atoms with Crippen molar-refractivity contribution in [3.63, 3.8) is 0 Å². The molecule has 0 saturated carbocycles. The first-order chi connectivity index (χ1) is 10.3. The van der Waals surface area contributed by atoms with Gasteiger partial charge in [-0.15, -0.1) is 0 Å². The van der Waals surface area contributed by atoms with Gasteiger partial charge < -0.3 is 14.6 Å². The predicted molar refractivity (Wildman–Crippen MR) is 84.7 cm³/mol. The molecule has 22 heavy (non-hydrogen) atoms. The highest BCUT2D eigenvalue weighted by molar-refractivity contribution is 6.55. The summed E-state index contributed by atoms with van der Waals surface area (Å²) in [6.07, 6.45) is 3.36. The van der Waals surface area contributed by atoms with E-state index in [1.54, 1.807) is 12.4 Å². The van der Waals surface area contributed by atoms with Gasteiger partial charge in [0.2, 0.25) is 0 Å². The Balaban J connectivity index is 1.97. The lowest BCUT2D eigenvalue weighted by Gasteiger charge is -2.32. The van der Waals surface area contributed by atoms with Gasteiger partial charge in [0.25, 0.3) is 0 Å². The van der Waals surface area contributed by atoms with Gasteiger partial charge in [-0.3, -0.25) is 4.98 Å². The van der Waals surface area contributed by atoms with E-state index in [1.165, 1.54) is 0 Å². The normalized spacial score (nSPS) is 24.9. The van der Waals surface area contributed by atoms with Crippen molar-refractivity contribution in [2.24, 2.45) is 5.92 Å². The Kier molecular flexibility index (Phi) is 3.87. The van der Waals surface area contributed by atoms with E-state index in [-0.39, 0.29) is 11.6 Å². The summed E-state index contributed by atoms with van der Waals surface area (Å²) in [5.41, 5.74) is 0.0941. The molecule has 6 heteroatoms. The molecular weight excluding hydrogens is 282 g/mol. The van der Waals surface area contributed by atoms with Crippen LogP contribution < -0.4 is 5.32 Å². The van der Waals surface area contributed by atoms with Crippen LogP contribution in [0.25, 0.3) is 5.57 Å². The lowest BCUT2D eigenvalue weighted by molar-refractivity contribution is 0.00578.